The average molecular weight is 289 g/mol. The molecule has 1 heterocycles. The number of halogens is 4. The van der Waals surface area contributed by atoms with Crippen molar-refractivity contribution in [3.8, 4) is 0 Å². The lowest BCUT2D eigenvalue weighted by Gasteiger charge is -2.08. The maximum absolute atomic E-state index is 11.8. The molecule has 1 rings (SSSR count). The van der Waals surface area contributed by atoms with Crippen molar-refractivity contribution in [1.82, 2.24) is 9.71 Å². The molecule has 0 aliphatic carbocycles. The Labute approximate surface area is 101 Å². The summed E-state index contributed by atoms with van der Waals surface area (Å²) in [5.74, 6) is 0. The third-order valence-corrected chi connectivity index (χ3v) is 3.38. The van der Waals surface area contributed by atoms with E-state index in [0.717, 1.165) is 12.3 Å². The van der Waals surface area contributed by atoms with Crippen LogP contribution >= 0.6 is 11.6 Å². The summed E-state index contributed by atoms with van der Waals surface area (Å²) in [5, 5.41) is 0.0965. The summed E-state index contributed by atoms with van der Waals surface area (Å²) in [4.78, 5) is 3.29. The van der Waals surface area contributed by atoms with Gasteiger partial charge in [0, 0.05) is 12.7 Å². The zero-order chi connectivity index (χ0) is 13.1. The Kier molecular flexibility index (Phi) is 4.34. The van der Waals surface area contributed by atoms with E-state index in [1.54, 1.807) is 0 Å². The van der Waals surface area contributed by atoms with Crippen molar-refractivity contribution in [3.63, 3.8) is 0 Å². The van der Waals surface area contributed by atoms with Gasteiger partial charge >= 0.3 is 6.18 Å². The highest BCUT2D eigenvalue weighted by Gasteiger charge is 2.27. The first kappa shape index (κ1) is 14.2. The van der Waals surface area contributed by atoms with Gasteiger partial charge < -0.3 is 0 Å². The van der Waals surface area contributed by atoms with E-state index in [1.807, 2.05) is 4.72 Å². The van der Waals surface area contributed by atoms with E-state index in [2.05, 4.69) is 4.98 Å². The molecule has 0 aliphatic heterocycles. The number of nitrogens with one attached hydrogen (secondary N) is 1. The molecular weight excluding hydrogens is 281 g/mol. The summed E-state index contributed by atoms with van der Waals surface area (Å²) in [5.41, 5.74) is 0. The minimum Gasteiger partial charge on any atom is -0.243 e. The molecule has 9 heteroatoms. The molecule has 1 aromatic rings. The molecule has 1 aromatic heterocycles. The Morgan fingerprint density at radius 2 is 2.00 bits per heavy atom. The topological polar surface area (TPSA) is 59.1 Å². The van der Waals surface area contributed by atoms with Crippen molar-refractivity contribution >= 4 is 21.6 Å². The van der Waals surface area contributed by atoms with Gasteiger partial charge in [0.2, 0.25) is 10.0 Å². The Balaban J connectivity index is 2.66. The molecular formula is C8H8ClF3N2O2S. The minimum atomic E-state index is -4.40. The first-order valence-corrected chi connectivity index (χ1v) is 6.25. The molecule has 0 aliphatic rings. The highest BCUT2D eigenvalue weighted by molar-refractivity contribution is 7.89. The maximum atomic E-state index is 11.8. The number of rotatable bonds is 4. The molecule has 96 valence electrons. The van der Waals surface area contributed by atoms with Crippen molar-refractivity contribution in [2.45, 2.75) is 17.5 Å². The van der Waals surface area contributed by atoms with E-state index in [4.69, 9.17) is 11.6 Å². The third kappa shape index (κ3) is 4.88. The predicted molar refractivity (Wildman–Crippen MR) is 55.1 cm³/mol. The number of nitrogens with zero attached hydrogens (tertiary/aromatic N) is 1. The van der Waals surface area contributed by atoms with Gasteiger partial charge in [-0.1, -0.05) is 11.6 Å². The van der Waals surface area contributed by atoms with Gasteiger partial charge in [0.15, 0.2) is 0 Å². The molecule has 0 saturated heterocycles. The van der Waals surface area contributed by atoms with Crippen LogP contribution in [0.25, 0.3) is 0 Å². The third-order valence-electron chi connectivity index (χ3n) is 1.71. The zero-order valence-corrected chi connectivity index (χ0v) is 9.90. The van der Waals surface area contributed by atoms with Crippen LogP contribution in [-0.2, 0) is 10.0 Å². The quantitative estimate of drug-likeness (QED) is 0.862. The summed E-state index contributed by atoms with van der Waals surface area (Å²) >= 11 is 5.45. The van der Waals surface area contributed by atoms with Crippen molar-refractivity contribution in [1.29, 1.82) is 0 Å². The van der Waals surface area contributed by atoms with Crippen LogP contribution in [0.15, 0.2) is 23.2 Å². The molecule has 0 fully saturated rings. The average Bonchev–Trinajstić information content (AvgIpc) is 2.15. The maximum Gasteiger partial charge on any atom is 0.390 e. The van der Waals surface area contributed by atoms with Crippen molar-refractivity contribution < 1.29 is 21.6 Å². The van der Waals surface area contributed by atoms with Crippen molar-refractivity contribution in [3.05, 3.63) is 23.5 Å². The van der Waals surface area contributed by atoms with Crippen LogP contribution in [0.1, 0.15) is 6.42 Å². The molecule has 0 aromatic carbocycles. The van der Waals surface area contributed by atoms with Crippen molar-refractivity contribution in [2.24, 2.45) is 0 Å². The van der Waals surface area contributed by atoms with E-state index >= 15 is 0 Å². The monoisotopic (exact) mass is 288 g/mol. The number of pyridine rings is 1. The van der Waals surface area contributed by atoms with Gasteiger partial charge in [0.1, 0.15) is 10.0 Å². The number of hydrogen-bond acceptors (Lipinski definition) is 3. The molecule has 0 unspecified atom stereocenters. The Hall–Kier alpha value is -0.860. The smallest absolute Gasteiger partial charge is 0.243 e. The van der Waals surface area contributed by atoms with Gasteiger partial charge in [0.25, 0.3) is 0 Å². The number of aromatic nitrogens is 1. The van der Waals surface area contributed by atoms with Gasteiger partial charge in [-0.15, -0.1) is 0 Å². The molecule has 1 N–H and O–H groups in total. The van der Waals surface area contributed by atoms with Crippen LogP contribution < -0.4 is 4.72 Å². The highest BCUT2D eigenvalue weighted by Crippen LogP contribution is 2.19. The van der Waals surface area contributed by atoms with Crippen LogP contribution in [0, 0.1) is 0 Å². The summed E-state index contributed by atoms with van der Waals surface area (Å²) in [7, 11) is -3.97. The summed E-state index contributed by atoms with van der Waals surface area (Å²) in [6.07, 6.45) is -4.66. The predicted octanol–water partition coefficient (Wildman–Crippen LogP) is 1.97. The van der Waals surface area contributed by atoms with Crippen LogP contribution in [0.3, 0.4) is 0 Å². The van der Waals surface area contributed by atoms with Crippen LogP contribution in [0.4, 0.5) is 13.2 Å². The first-order valence-electron chi connectivity index (χ1n) is 4.39. The lowest BCUT2D eigenvalue weighted by atomic mass is 10.4. The summed E-state index contributed by atoms with van der Waals surface area (Å²) in [6, 6.07) is 2.39. The second-order valence-corrected chi connectivity index (χ2v) is 5.23. The summed E-state index contributed by atoms with van der Waals surface area (Å²) in [6.45, 7) is -0.714. The van der Waals surface area contributed by atoms with E-state index < -0.39 is 29.2 Å². The van der Waals surface area contributed by atoms with Gasteiger partial charge in [-0.3, -0.25) is 0 Å². The van der Waals surface area contributed by atoms with Crippen molar-refractivity contribution in [2.75, 3.05) is 6.54 Å². The fourth-order valence-corrected chi connectivity index (χ4v) is 2.02. The van der Waals surface area contributed by atoms with E-state index in [1.165, 1.54) is 6.07 Å². The van der Waals surface area contributed by atoms with E-state index in [0.29, 0.717) is 0 Å². The largest absolute Gasteiger partial charge is 0.390 e. The van der Waals surface area contributed by atoms with Gasteiger partial charge in [-0.25, -0.2) is 18.1 Å². The fraction of sp³-hybridized carbons (Fsp3) is 0.375. The van der Waals surface area contributed by atoms with Gasteiger partial charge in [0.05, 0.1) is 6.42 Å². The molecule has 0 radical (unpaired) electrons. The van der Waals surface area contributed by atoms with Crippen LogP contribution in [0.5, 0.6) is 0 Å². The lowest BCUT2D eigenvalue weighted by molar-refractivity contribution is -0.132. The Morgan fingerprint density at radius 1 is 1.35 bits per heavy atom. The molecule has 17 heavy (non-hydrogen) atoms. The summed E-state index contributed by atoms with van der Waals surface area (Å²) < 4.78 is 60.2. The molecule has 4 nitrogen and oxygen atoms in total. The standard InChI is InChI=1S/C8H8ClF3N2O2S/c9-7-2-1-6(5-13-7)17(15,16)14-4-3-8(10,11)12/h1-2,5,14H,3-4H2. The SMILES string of the molecule is O=S(=O)(NCCC(F)(F)F)c1ccc(Cl)nc1. The van der Waals surface area contributed by atoms with Gasteiger partial charge in [-0.05, 0) is 12.1 Å². The first-order chi connectivity index (χ1) is 7.71. The molecule has 0 bridgehead atoms. The Morgan fingerprint density at radius 3 is 2.47 bits per heavy atom. The minimum absolute atomic E-state index is 0.0965. The van der Waals surface area contributed by atoms with E-state index in [-0.39, 0.29) is 10.0 Å². The molecule has 0 saturated carbocycles. The van der Waals surface area contributed by atoms with Gasteiger partial charge in [-0.2, -0.15) is 13.2 Å². The Bertz CT molecular complexity index is 473. The highest BCUT2D eigenvalue weighted by atomic mass is 35.5. The molecule has 0 amide bonds. The van der Waals surface area contributed by atoms with Crippen LogP contribution in [0.2, 0.25) is 5.15 Å². The number of hydrogen-bond donors (Lipinski definition) is 1. The van der Waals surface area contributed by atoms with E-state index in [9.17, 15) is 21.6 Å². The van der Waals surface area contributed by atoms with Crippen LogP contribution in [-0.4, -0.2) is 26.1 Å². The normalized spacial score (nSPS) is 12.7. The number of sulfonamides is 1. The second-order valence-electron chi connectivity index (χ2n) is 3.08. The second kappa shape index (κ2) is 5.19. The lowest BCUT2D eigenvalue weighted by Crippen LogP contribution is -2.28. The fourth-order valence-electron chi connectivity index (χ4n) is 0.932. The zero-order valence-electron chi connectivity index (χ0n) is 8.33. The molecule has 0 atom stereocenters. The molecule has 0 spiro atoms. The number of alkyl halides is 3.